The molecule has 1 fully saturated rings. The number of amides is 2. The van der Waals surface area contributed by atoms with E-state index in [1.807, 2.05) is 0 Å². The summed E-state index contributed by atoms with van der Waals surface area (Å²) in [5.74, 6) is -2.50. The highest BCUT2D eigenvalue weighted by molar-refractivity contribution is 6.05. The zero-order valence-corrected chi connectivity index (χ0v) is 10.9. The lowest BCUT2D eigenvalue weighted by Crippen LogP contribution is -2.40. The fourth-order valence-electron chi connectivity index (χ4n) is 2.49. The summed E-state index contributed by atoms with van der Waals surface area (Å²) in [6.07, 6.45) is 0.572. The predicted octanol–water partition coefficient (Wildman–Crippen LogP) is 0.848. The number of carbonyl (C=O) groups excluding carboxylic acids is 2. The fourth-order valence-corrected chi connectivity index (χ4v) is 2.49. The number of fused-ring (bicyclic) bond motifs is 1. The standard InChI is InChI=1S/C14H11N3O4/c18-10-6-5-9(13(19)15-10)11-7-3-1-2-4-8(7)12(14(20)21)17-16-11/h1-4,9H,5-6H2,(H,20,21)(H,15,18,19). The van der Waals surface area contributed by atoms with Gasteiger partial charge in [-0.15, -0.1) is 5.10 Å². The summed E-state index contributed by atoms with van der Waals surface area (Å²) in [4.78, 5) is 34.3. The number of carboxylic acid groups (broad SMARTS) is 1. The van der Waals surface area contributed by atoms with E-state index in [2.05, 4.69) is 15.5 Å². The second kappa shape index (κ2) is 4.93. The molecule has 1 saturated heterocycles. The molecule has 0 aliphatic carbocycles. The Bertz CT molecular complexity index is 772. The van der Waals surface area contributed by atoms with Crippen molar-refractivity contribution < 1.29 is 19.5 Å². The molecule has 1 aliphatic rings. The van der Waals surface area contributed by atoms with Gasteiger partial charge in [-0.05, 0) is 6.42 Å². The molecule has 0 saturated carbocycles. The van der Waals surface area contributed by atoms with Crippen molar-refractivity contribution in [1.82, 2.24) is 15.5 Å². The highest BCUT2D eigenvalue weighted by Crippen LogP contribution is 2.29. The van der Waals surface area contributed by atoms with Crippen LogP contribution in [-0.4, -0.2) is 33.1 Å². The third-order valence-corrected chi connectivity index (χ3v) is 3.49. The maximum atomic E-state index is 12.0. The van der Waals surface area contributed by atoms with Gasteiger partial charge in [-0.2, -0.15) is 5.10 Å². The summed E-state index contributed by atoms with van der Waals surface area (Å²) in [6.45, 7) is 0. The van der Waals surface area contributed by atoms with E-state index in [0.29, 0.717) is 22.9 Å². The van der Waals surface area contributed by atoms with Crippen LogP contribution >= 0.6 is 0 Å². The molecular formula is C14H11N3O4. The number of hydrogen-bond acceptors (Lipinski definition) is 5. The quantitative estimate of drug-likeness (QED) is 0.792. The van der Waals surface area contributed by atoms with Crippen LogP contribution in [0.3, 0.4) is 0 Å². The SMILES string of the molecule is O=C1CCC(c2nnc(C(=O)O)c3ccccc23)C(=O)N1. The fraction of sp³-hybridized carbons (Fsp3) is 0.214. The number of hydrogen-bond donors (Lipinski definition) is 2. The Morgan fingerprint density at radius 3 is 2.57 bits per heavy atom. The van der Waals surface area contributed by atoms with Crippen molar-refractivity contribution in [1.29, 1.82) is 0 Å². The molecule has 1 unspecified atom stereocenters. The van der Waals surface area contributed by atoms with Gasteiger partial charge in [-0.25, -0.2) is 4.79 Å². The van der Waals surface area contributed by atoms with Crippen LogP contribution in [-0.2, 0) is 9.59 Å². The molecule has 7 heteroatoms. The Morgan fingerprint density at radius 1 is 1.19 bits per heavy atom. The van der Waals surface area contributed by atoms with Crippen molar-refractivity contribution in [3.8, 4) is 0 Å². The van der Waals surface area contributed by atoms with Gasteiger partial charge in [0.15, 0.2) is 5.69 Å². The smallest absolute Gasteiger partial charge is 0.357 e. The van der Waals surface area contributed by atoms with Gasteiger partial charge in [0.2, 0.25) is 11.8 Å². The number of aromatic carboxylic acids is 1. The average molecular weight is 285 g/mol. The van der Waals surface area contributed by atoms with Gasteiger partial charge >= 0.3 is 5.97 Å². The number of imide groups is 1. The molecule has 1 aromatic carbocycles. The van der Waals surface area contributed by atoms with E-state index < -0.39 is 17.8 Å². The predicted molar refractivity (Wildman–Crippen MR) is 71.6 cm³/mol. The molecule has 2 heterocycles. The monoisotopic (exact) mass is 285 g/mol. The van der Waals surface area contributed by atoms with Gasteiger partial charge in [0.25, 0.3) is 0 Å². The highest BCUT2D eigenvalue weighted by atomic mass is 16.4. The van der Waals surface area contributed by atoms with Crippen molar-refractivity contribution in [3.63, 3.8) is 0 Å². The molecule has 3 rings (SSSR count). The molecule has 1 aliphatic heterocycles. The number of aromatic nitrogens is 2. The topological polar surface area (TPSA) is 109 Å². The van der Waals surface area contributed by atoms with Crippen molar-refractivity contribution in [2.24, 2.45) is 0 Å². The molecule has 106 valence electrons. The number of benzene rings is 1. The molecule has 0 bridgehead atoms. The minimum atomic E-state index is -1.17. The first-order chi connectivity index (χ1) is 10.1. The van der Waals surface area contributed by atoms with E-state index in [-0.39, 0.29) is 18.0 Å². The van der Waals surface area contributed by atoms with Gasteiger partial charge in [0, 0.05) is 17.2 Å². The van der Waals surface area contributed by atoms with E-state index >= 15 is 0 Å². The van der Waals surface area contributed by atoms with Gasteiger partial charge in [0.05, 0.1) is 11.6 Å². The van der Waals surface area contributed by atoms with Crippen molar-refractivity contribution >= 4 is 28.6 Å². The average Bonchev–Trinajstić information content (AvgIpc) is 2.46. The molecule has 0 spiro atoms. The zero-order chi connectivity index (χ0) is 15.0. The third-order valence-electron chi connectivity index (χ3n) is 3.49. The van der Waals surface area contributed by atoms with E-state index in [4.69, 9.17) is 5.11 Å². The molecule has 2 aromatic rings. The second-order valence-electron chi connectivity index (χ2n) is 4.79. The van der Waals surface area contributed by atoms with Crippen LogP contribution in [0.2, 0.25) is 0 Å². The van der Waals surface area contributed by atoms with Crippen LogP contribution in [0, 0.1) is 0 Å². The molecule has 1 aromatic heterocycles. The van der Waals surface area contributed by atoms with Crippen LogP contribution in [0.4, 0.5) is 0 Å². The number of nitrogens with one attached hydrogen (secondary N) is 1. The van der Waals surface area contributed by atoms with Crippen LogP contribution in [0.25, 0.3) is 10.8 Å². The Hall–Kier alpha value is -2.83. The number of piperidine rings is 1. The maximum Gasteiger partial charge on any atom is 0.357 e. The van der Waals surface area contributed by atoms with Gasteiger partial charge in [-0.1, -0.05) is 24.3 Å². The minimum Gasteiger partial charge on any atom is -0.476 e. The van der Waals surface area contributed by atoms with Crippen LogP contribution in [0.15, 0.2) is 24.3 Å². The van der Waals surface area contributed by atoms with Crippen molar-refractivity contribution in [2.75, 3.05) is 0 Å². The number of nitrogens with zero attached hydrogens (tertiary/aromatic N) is 2. The first kappa shape index (κ1) is 13.2. The van der Waals surface area contributed by atoms with Crippen LogP contribution in [0.1, 0.15) is 34.9 Å². The number of rotatable bonds is 2. The highest BCUT2D eigenvalue weighted by Gasteiger charge is 2.31. The maximum absolute atomic E-state index is 12.0. The summed E-state index contributed by atoms with van der Waals surface area (Å²) in [5, 5.41) is 20.1. The van der Waals surface area contributed by atoms with Crippen LogP contribution < -0.4 is 5.32 Å². The van der Waals surface area contributed by atoms with E-state index in [1.54, 1.807) is 24.3 Å². The Morgan fingerprint density at radius 2 is 1.90 bits per heavy atom. The summed E-state index contributed by atoms with van der Waals surface area (Å²) in [5.41, 5.74) is 0.252. The second-order valence-corrected chi connectivity index (χ2v) is 4.79. The minimum absolute atomic E-state index is 0.151. The molecule has 1 atom stereocenters. The zero-order valence-electron chi connectivity index (χ0n) is 10.9. The largest absolute Gasteiger partial charge is 0.476 e. The summed E-state index contributed by atoms with van der Waals surface area (Å²) in [7, 11) is 0. The van der Waals surface area contributed by atoms with Crippen molar-refractivity contribution in [2.45, 2.75) is 18.8 Å². The van der Waals surface area contributed by atoms with E-state index in [0.717, 1.165) is 0 Å². The first-order valence-electron chi connectivity index (χ1n) is 6.40. The summed E-state index contributed by atoms with van der Waals surface area (Å²) >= 11 is 0. The molecular weight excluding hydrogens is 274 g/mol. The van der Waals surface area contributed by atoms with Gasteiger partial charge in [0.1, 0.15) is 0 Å². The molecule has 2 amide bonds. The molecule has 7 nitrogen and oxygen atoms in total. The van der Waals surface area contributed by atoms with Gasteiger partial charge in [-0.3, -0.25) is 14.9 Å². The Kier molecular flexibility index (Phi) is 3.09. The Balaban J connectivity index is 2.16. The van der Waals surface area contributed by atoms with Crippen molar-refractivity contribution in [3.05, 3.63) is 35.7 Å². The summed E-state index contributed by atoms with van der Waals surface area (Å²) in [6, 6.07) is 6.77. The molecule has 0 radical (unpaired) electrons. The number of carboxylic acids is 1. The lowest BCUT2D eigenvalue weighted by atomic mass is 9.91. The lowest BCUT2D eigenvalue weighted by molar-refractivity contribution is -0.134. The van der Waals surface area contributed by atoms with Crippen LogP contribution in [0.5, 0.6) is 0 Å². The number of carbonyl (C=O) groups is 3. The lowest BCUT2D eigenvalue weighted by Gasteiger charge is -2.21. The molecule has 21 heavy (non-hydrogen) atoms. The first-order valence-corrected chi connectivity index (χ1v) is 6.40. The normalized spacial score (nSPS) is 18.6. The molecule has 2 N–H and O–H groups in total. The summed E-state index contributed by atoms with van der Waals surface area (Å²) < 4.78 is 0. The third kappa shape index (κ3) is 2.22. The van der Waals surface area contributed by atoms with E-state index in [9.17, 15) is 14.4 Å². The Labute approximate surface area is 119 Å². The van der Waals surface area contributed by atoms with E-state index in [1.165, 1.54) is 0 Å². The van der Waals surface area contributed by atoms with Gasteiger partial charge < -0.3 is 5.11 Å².